The summed E-state index contributed by atoms with van der Waals surface area (Å²) in [6.45, 7) is 0. The van der Waals surface area contributed by atoms with Crippen LogP contribution in [0.25, 0.3) is 16.9 Å². The van der Waals surface area contributed by atoms with Gasteiger partial charge in [-0.05, 0) is 24.3 Å². The van der Waals surface area contributed by atoms with Crippen molar-refractivity contribution < 1.29 is 9.53 Å². The van der Waals surface area contributed by atoms with Crippen molar-refractivity contribution in [1.82, 2.24) is 9.78 Å². The van der Waals surface area contributed by atoms with Gasteiger partial charge in [-0.25, -0.2) is 9.48 Å². The number of para-hydroxylation sites is 1. The van der Waals surface area contributed by atoms with Crippen molar-refractivity contribution in [3.8, 4) is 16.9 Å². The summed E-state index contributed by atoms with van der Waals surface area (Å²) in [5.74, 6) is -0.483. The van der Waals surface area contributed by atoms with Gasteiger partial charge in [0.2, 0.25) is 0 Å². The first-order valence-corrected chi connectivity index (χ1v) is 7.07. The SMILES string of the molecule is COC(=O)c1cc(-c2ccccc2Cl)n(-c2ccccc2)n1. The molecule has 3 aromatic rings. The predicted molar refractivity (Wildman–Crippen MR) is 85.3 cm³/mol. The van der Waals surface area contributed by atoms with Gasteiger partial charge in [-0.15, -0.1) is 0 Å². The molecule has 3 rings (SSSR count). The molecule has 0 unspecified atom stereocenters. The van der Waals surface area contributed by atoms with Crippen molar-refractivity contribution in [3.63, 3.8) is 0 Å². The number of ether oxygens (including phenoxy) is 1. The fraction of sp³-hybridized carbons (Fsp3) is 0.0588. The van der Waals surface area contributed by atoms with Gasteiger partial charge in [0, 0.05) is 10.6 Å². The van der Waals surface area contributed by atoms with Crippen LogP contribution in [0, 0.1) is 0 Å². The second kappa shape index (κ2) is 6.03. The second-order valence-electron chi connectivity index (χ2n) is 4.63. The van der Waals surface area contributed by atoms with Crippen LogP contribution in [0.2, 0.25) is 5.02 Å². The lowest BCUT2D eigenvalue weighted by Crippen LogP contribution is -2.04. The monoisotopic (exact) mass is 312 g/mol. The molecule has 4 nitrogen and oxygen atoms in total. The van der Waals surface area contributed by atoms with Gasteiger partial charge in [-0.3, -0.25) is 0 Å². The molecule has 1 aromatic heterocycles. The van der Waals surface area contributed by atoms with Crippen molar-refractivity contribution in [2.75, 3.05) is 7.11 Å². The number of hydrogen-bond acceptors (Lipinski definition) is 3. The molecule has 110 valence electrons. The molecule has 0 saturated heterocycles. The van der Waals surface area contributed by atoms with Crippen LogP contribution < -0.4 is 0 Å². The molecule has 0 fully saturated rings. The summed E-state index contributed by atoms with van der Waals surface area (Å²) in [6.07, 6.45) is 0. The molecule has 0 aliphatic heterocycles. The summed E-state index contributed by atoms with van der Waals surface area (Å²) in [6, 6.07) is 18.7. The molecule has 0 spiro atoms. The standard InChI is InChI=1S/C17H13ClN2O2/c1-22-17(21)15-11-16(13-9-5-6-10-14(13)18)20(19-15)12-7-3-2-4-8-12/h2-11H,1H3. The first-order chi connectivity index (χ1) is 10.7. The van der Waals surface area contributed by atoms with E-state index < -0.39 is 5.97 Å². The normalized spacial score (nSPS) is 10.5. The van der Waals surface area contributed by atoms with E-state index in [4.69, 9.17) is 16.3 Å². The van der Waals surface area contributed by atoms with Crippen molar-refractivity contribution in [3.05, 3.63) is 71.4 Å². The minimum absolute atomic E-state index is 0.237. The highest BCUT2D eigenvalue weighted by molar-refractivity contribution is 6.33. The molecule has 0 atom stereocenters. The Kier molecular flexibility index (Phi) is 3.94. The number of halogens is 1. The van der Waals surface area contributed by atoms with Crippen molar-refractivity contribution >= 4 is 17.6 Å². The summed E-state index contributed by atoms with van der Waals surface area (Å²) >= 11 is 6.28. The Bertz CT molecular complexity index is 813. The number of aromatic nitrogens is 2. The van der Waals surface area contributed by atoms with Crippen LogP contribution in [0.3, 0.4) is 0 Å². The van der Waals surface area contributed by atoms with Gasteiger partial charge in [-0.2, -0.15) is 5.10 Å². The molecule has 1 heterocycles. The van der Waals surface area contributed by atoms with Crippen LogP contribution in [-0.4, -0.2) is 22.9 Å². The van der Waals surface area contributed by atoms with Gasteiger partial charge in [0.15, 0.2) is 5.69 Å². The molecular weight excluding hydrogens is 300 g/mol. The molecule has 5 heteroatoms. The quantitative estimate of drug-likeness (QED) is 0.687. The van der Waals surface area contributed by atoms with E-state index >= 15 is 0 Å². The minimum Gasteiger partial charge on any atom is -0.464 e. The van der Waals surface area contributed by atoms with E-state index in [-0.39, 0.29) is 5.69 Å². The van der Waals surface area contributed by atoms with Gasteiger partial charge in [0.25, 0.3) is 0 Å². The molecule has 0 radical (unpaired) electrons. The van der Waals surface area contributed by atoms with E-state index in [2.05, 4.69) is 5.10 Å². The van der Waals surface area contributed by atoms with Crippen molar-refractivity contribution in [2.45, 2.75) is 0 Å². The number of rotatable bonds is 3. The van der Waals surface area contributed by atoms with Crippen LogP contribution in [-0.2, 0) is 4.74 Å². The number of benzene rings is 2. The van der Waals surface area contributed by atoms with Gasteiger partial charge >= 0.3 is 5.97 Å². The Morgan fingerprint density at radius 1 is 1.09 bits per heavy atom. The number of hydrogen-bond donors (Lipinski definition) is 0. The van der Waals surface area contributed by atoms with Crippen molar-refractivity contribution in [2.24, 2.45) is 0 Å². The van der Waals surface area contributed by atoms with Gasteiger partial charge < -0.3 is 4.74 Å². The average Bonchev–Trinajstić information content (AvgIpc) is 3.00. The van der Waals surface area contributed by atoms with E-state index in [1.807, 2.05) is 48.5 Å². The number of carbonyl (C=O) groups is 1. The van der Waals surface area contributed by atoms with Crippen LogP contribution in [0.15, 0.2) is 60.7 Å². The van der Waals surface area contributed by atoms with Crippen LogP contribution in [0.1, 0.15) is 10.5 Å². The zero-order chi connectivity index (χ0) is 15.5. The molecule has 0 aliphatic carbocycles. The van der Waals surface area contributed by atoms with Gasteiger partial charge in [0.1, 0.15) is 0 Å². The molecule has 0 aliphatic rings. The zero-order valence-corrected chi connectivity index (χ0v) is 12.6. The fourth-order valence-electron chi connectivity index (χ4n) is 2.21. The summed E-state index contributed by atoms with van der Waals surface area (Å²) in [7, 11) is 1.33. The summed E-state index contributed by atoms with van der Waals surface area (Å²) in [4.78, 5) is 11.8. The fourth-order valence-corrected chi connectivity index (χ4v) is 2.44. The first kappa shape index (κ1) is 14.4. The van der Waals surface area contributed by atoms with E-state index in [1.165, 1.54) is 7.11 Å². The molecule has 0 amide bonds. The maximum Gasteiger partial charge on any atom is 0.358 e. The average molecular weight is 313 g/mol. The van der Waals surface area contributed by atoms with Crippen LogP contribution >= 0.6 is 11.6 Å². The third kappa shape index (κ3) is 2.61. The van der Waals surface area contributed by atoms with E-state index in [0.717, 1.165) is 16.9 Å². The third-order valence-electron chi connectivity index (χ3n) is 3.25. The lowest BCUT2D eigenvalue weighted by molar-refractivity contribution is 0.0593. The first-order valence-electron chi connectivity index (χ1n) is 6.69. The lowest BCUT2D eigenvalue weighted by Gasteiger charge is -2.08. The highest BCUT2D eigenvalue weighted by atomic mass is 35.5. The topological polar surface area (TPSA) is 44.1 Å². The molecule has 0 bridgehead atoms. The smallest absolute Gasteiger partial charge is 0.358 e. The number of nitrogens with zero attached hydrogens (tertiary/aromatic N) is 2. The Morgan fingerprint density at radius 2 is 1.77 bits per heavy atom. The van der Waals surface area contributed by atoms with Crippen LogP contribution in [0.5, 0.6) is 0 Å². The molecule has 2 aromatic carbocycles. The highest BCUT2D eigenvalue weighted by Crippen LogP contribution is 2.30. The number of esters is 1. The second-order valence-corrected chi connectivity index (χ2v) is 5.04. The minimum atomic E-state index is -0.483. The van der Waals surface area contributed by atoms with Gasteiger partial charge in [-0.1, -0.05) is 48.0 Å². The lowest BCUT2D eigenvalue weighted by atomic mass is 10.1. The Hall–Kier alpha value is -2.59. The Labute approximate surface area is 132 Å². The maximum atomic E-state index is 11.8. The van der Waals surface area contributed by atoms with E-state index in [0.29, 0.717) is 5.02 Å². The molecule has 0 N–H and O–H groups in total. The molecular formula is C17H13ClN2O2. The van der Waals surface area contributed by atoms with Crippen molar-refractivity contribution in [1.29, 1.82) is 0 Å². The number of carbonyl (C=O) groups excluding carboxylic acids is 1. The zero-order valence-electron chi connectivity index (χ0n) is 11.9. The number of methoxy groups -OCH3 is 1. The van der Waals surface area contributed by atoms with Gasteiger partial charge in [0.05, 0.1) is 18.5 Å². The summed E-state index contributed by atoms with van der Waals surface area (Å²) < 4.78 is 6.45. The molecule has 0 saturated carbocycles. The summed E-state index contributed by atoms with van der Waals surface area (Å²) in [5, 5.41) is 4.95. The third-order valence-corrected chi connectivity index (χ3v) is 3.58. The largest absolute Gasteiger partial charge is 0.464 e. The highest BCUT2D eigenvalue weighted by Gasteiger charge is 2.18. The Balaban J connectivity index is 2.22. The van der Waals surface area contributed by atoms with E-state index in [1.54, 1.807) is 16.8 Å². The Morgan fingerprint density at radius 3 is 2.45 bits per heavy atom. The predicted octanol–water partition coefficient (Wildman–Crippen LogP) is 3.98. The summed E-state index contributed by atoms with van der Waals surface area (Å²) in [5.41, 5.74) is 2.61. The van der Waals surface area contributed by atoms with E-state index in [9.17, 15) is 4.79 Å². The molecule has 22 heavy (non-hydrogen) atoms. The maximum absolute atomic E-state index is 11.8. The van der Waals surface area contributed by atoms with Crippen LogP contribution in [0.4, 0.5) is 0 Å².